The largest absolute Gasteiger partial charge is 0.493 e. The average Bonchev–Trinajstić information content (AvgIpc) is 2.55. The Morgan fingerprint density at radius 1 is 1.24 bits per heavy atom. The highest BCUT2D eigenvalue weighted by molar-refractivity contribution is 5.90. The fraction of sp³-hybridized carbons (Fsp3) is 0.533. The second kappa shape index (κ2) is 7.85. The summed E-state index contributed by atoms with van der Waals surface area (Å²) >= 11 is 0. The Kier molecular flexibility index (Phi) is 5.83. The molecule has 1 fully saturated rings. The van der Waals surface area contributed by atoms with Crippen molar-refractivity contribution >= 4 is 5.97 Å². The van der Waals surface area contributed by atoms with E-state index in [1.54, 1.807) is 25.3 Å². The molecule has 0 atom stereocenters. The predicted molar refractivity (Wildman–Crippen MR) is 77.1 cm³/mol. The first-order valence-corrected chi connectivity index (χ1v) is 6.94. The lowest BCUT2D eigenvalue weighted by Gasteiger charge is -2.26. The summed E-state index contributed by atoms with van der Waals surface area (Å²) in [5, 5.41) is 0. The maximum Gasteiger partial charge on any atom is 0.337 e. The maximum absolute atomic E-state index is 11.5. The van der Waals surface area contributed by atoms with E-state index in [0.29, 0.717) is 23.7 Å². The molecule has 2 rings (SSSR count). The van der Waals surface area contributed by atoms with Crippen LogP contribution in [0.1, 0.15) is 10.4 Å². The van der Waals surface area contributed by atoms with Crippen LogP contribution in [0.5, 0.6) is 11.5 Å². The van der Waals surface area contributed by atoms with Crippen molar-refractivity contribution in [3.63, 3.8) is 0 Å². The van der Waals surface area contributed by atoms with Gasteiger partial charge in [-0.2, -0.15) is 0 Å². The smallest absolute Gasteiger partial charge is 0.337 e. The van der Waals surface area contributed by atoms with Gasteiger partial charge in [0, 0.05) is 19.6 Å². The molecule has 6 nitrogen and oxygen atoms in total. The molecule has 1 aliphatic rings. The standard InChI is InChI=1S/C15H21NO5/c1-18-14-11-12(15(17)19-2)3-4-13(14)21-10-7-16-5-8-20-9-6-16/h3-4,11H,5-10H2,1-2H3. The van der Waals surface area contributed by atoms with Crippen LogP contribution in [-0.4, -0.2) is 64.5 Å². The van der Waals surface area contributed by atoms with Crippen molar-refractivity contribution in [3.05, 3.63) is 23.8 Å². The molecular weight excluding hydrogens is 274 g/mol. The summed E-state index contributed by atoms with van der Waals surface area (Å²) in [7, 11) is 2.90. The third kappa shape index (κ3) is 4.34. The van der Waals surface area contributed by atoms with E-state index in [1.807, 2.05) is 0 Å². The van der Waals surface area contributed by atoms with Gasteiger partial charge in [-0.15, -0.1) is 0 Å². The monoisotopic (exact) mass is 295 g/mol. The lowest BCUT2D eigenvalue weighted by Crippen LogP contribution is -2.38. The average molecular weight is 295 g/mol. The quantitative estimate of drug-likeness (QED) is 0.735. The van der Waals surface area contributed by atoms with Crippen LogP contribution in [0.2, 0.25) is 0 Å². The summed E-state index contributed by atoms with van der Waals surface area (Å²) < 4.78 is 21.0. The van der Waals surface area contributed by atoms with Crippen molar-refractivity contribution in [2.75, 3.05) is 53.7 Å². The van der Waals surface area contributed by atoms with E-state index < -0.39 is 5.97 Å². The first kappa shape index (κ1) is 15.6. The Bertz CT molecular complexity index is 471. The topological polar surface area (TPSA) is 57.2 Å². The Morgan fingerprint density at radius 3 is 2.67 bits per heavy atom. The first-order valence-electron chi connectivity index (χ1n) is 6.94. The van der Waals surface area contributed by atoms with Crippen molar-refractivity contribution in [1.82, 2.24) is 4.90 Å². The summed E-state index contributed by atoms with van der Waals surface area (Å²) in [4.78, 5) is 13.8. The van der Waals surface area contributed by atoms with E-state index in [1.165, 1.54) is 7.11 Å². The number of carbonyl (C=O) groups is 1. The van der Waals surface area contributed by atoms with Gasteiger partial charge in [0.2, 0.25) is 0 Å². The van der Waals surface area contributed by atoms with Gasteiger partial charge in [0.15, 0.2) is 11.5 Å². The third-order valence-corrected chi connectivity index (χ3v) is 3.35. The molecule has 116 valence electrons. The van der Waals surface area contributed by atoms with Crippen LogP contribution >= 0.6 is 0 Å². The normalized spacial score (nSPS) is 15.5. The van der Waals surface area contributed by atoms with Crippen LogP contribution in [0.4, 0.5) is 0 Å². The molecule has 21 heavy (non-hydrogen) atoms. The van der Waals surface area contributed by atoms with Crippen LogP contribution in [0.15, 0.2) is 18.2 Å². The SMILES string of the molecule is COC(=O)c1ccc(OCCN2CCOCC2)c(OC)c1. The Labute approximate surface area is 124 Å². The molecule has 6 heteroatoms. The molecule has 0 N–H and O–H groups in total. The van der Waals surface area contributed by atoms with E-state index >= 15 is 0 Å². The van der Waals surface area contributed by atoms with Crippen LogP contribution < -0.4 is 9.47 Å². The molecule has 0 amide bonds. The zero-order valence-electron chi connectivity index (χ0n) is 12.5. The summed E-state index contributed by atoms with van der Waals surface area (Å²) in [5.74, 6) is 0.756. The van der Waals surface area contributed by atoms with E-state index in [2.05, 4.69) is 9.64 Å². The van der Waals surface area contributed by atoms with Crippen LogP contribution in [0, 0.1) is 0 Å². The van der Waals surface area contributed by atoms with E-state index in [-0.39, 0.29) is 0 Å². The van der Waals surface area contributed by atoms with Crippen LogP contribution in [0.3, 0.4) is 0 Å². The fourth-order valence-electron chi connectivity index (χ4n) is 2.14. The minimum absolute atomic E-state index is 0.395. The minimum Gasteiger partial charge on any atom is -0.493 e. The van der Waals surface area contributed by atoms with Gasteiger partial charge < -0.3 is 18.9 Å². The lowest BCUT2D eigenvalue weighted by atomic mass is 10.2. The molecule has 0 unspecified atom stereocenters. The number of carbonyl (C=O) groups excluding carboxylic acids is 1. The first-order chi connectivity index (χ1) is 10.2. The van der Waals surface area contributed by atoms with Crippen molar-refractivity contribution in [1.29, 1.82) is 0 Å². The summed E-state index contributed by atoms with van der Waals surface area (Å²) in [5.41, 5.74) is 0.440. The van der Waals surface area contributed by atoms with Gasteiger partial charge in [-0.25, -0.2) is 4.79 Å². The van der Waals surface area contributed by atoms with E-state index in [0.717, 1.165) is 32.8 Å². The number of ether oxygens (including phenoxy) is 4. The third-order valence-electron chi connectivity index (χ3n) is 3.35. The zero-order chi connectivity index (χ0) is 15.1. The molecule has 1 heterocycles. The van der Waals surface area contributed by atoms with Crippen LogP contribution in [-0.2, 0) is 9.47 Å². The second-order valence-corrected chi connectivity index (χ2v) is 4.66. The number of methoxy groups -OCH3 is 2. The molecule has 0 bridgehead atoms. The number of morpholine rings is 1. The molecular formula is C15H21NO5. The number of hydrogen-bond donors (Lipinski definition) is 0. The van der Waals surface area contributed by atoms with Crippen LogP contribution in [0.25, 0.3) is 0 Å². The second-order valence-electron chi connectivity index (χ2n) is 4.66. The lowest BCUT2D eigenvalue weighted by molar-refractivity contribution is 0.0321. The molecule has 0 radical (unpaired) electrons. The molecule has 1 aromatic rings. The van der Waals surface area contributed by atoms with Gasteiger partial charge in [0.05, 0.1) is 33.0 Å². The summed E-state index contributed by atoms with van der Waals surface area (Å²) in [6.07, 6.45) is 0. The van der Waals surface area contributed by atoms with E-state index in [9.17, 15) is 4.79 Å². The molecule has 1 aliphatic heterocycles. The molecule has 0 aliphatic carbocycles. The Hall–Kier alpha value is -1.79. The number of hydrogen-bond acceptors (Lipinski definition) is 6. The summed E-state index contributed by atoms with van der Waals surface area (Å²) in [6.45, 7) is 4.82. The number of rotatable bonds is 6. The molecule has 1 aromatic carbocycles. The zero-order valence-corrected chi connectivity index (χ0v) is 12.5. The van der Waals surface area contributed by atoms with Gasteiger partial charge in [-0.05, 0) is 18.2 Å². The maximum atomic E-state index is 11.5. The van der Waals surface area contributed by atoms with Gasteiger partial charge in [-0.3, -0.25) is 4.90 Å². The summed E-state index contributed by atoms with van der Waals surface area (Å²) in [6, 6.07) is 5.01. The van der Waals surface area contributed by atoms with Gasteiger partial charge in [-0.1, -0.05) is 0 Å². The fourth-order valence-corrected chi connectivity index (χ4v) is 2.14. The molecule has 1 saturated heterocycles. The van der Waals surface area contributed by atoms with Gasteiger partial charge >= 0.3 is 5.97 Å². The number of esters is 1. The highest BCUT2D eigenvalue weighted by Crippen LogP contribution is 2.28. The highest BCUT2D eigenvalue weighted by Gasteiger charge is 2.13. The Morgan fingerprint density at radius 2 is 2.00 bits per heavy atom. The number of nitrogens with zero attached hydrogens (tertiary/aromatic N) is 1. The Balaban J connectivity index is 1.91. The van der Waals surface area contributed by atoms with Crippen molar-refractivity contribution in [3.8, 4) is 11.5 Å². The molecule has 0 saturated carbocycles. The van der Waals surface area contributed by atoms with Crippen molar-refractivity contribution < 1.29 is 23.7 Å². The van der Waals surface area contributed by atoms with Crippen molar-refractivity contribution in [2.24, 2.45) is 0 Å². The van der Waals surface area contributed by atoms with Gasteiger partial charge in [0.1, 0.15) is 6.61 Å². The highest BCUT2D eigenvalue weighted by atomic mass is 16.5. The predicted octanol–water partition coefficient (Wildman–Crippen LogP) is 1.19. The van der Waals surface area contributed by atoms with E-state index in [4.69, 9.17) is 14.2 Å². The minimum atomic E-state index is -0.395. The molecule has 0 aromatic heterocycles. The molecule has 0 spiro atoms. The van der Waals surface area contributed by atoms with Gasteiger partial charge in [0.25, 0.3) is 0 Å². The number of benzene rings is 1. The van der Waals surface area contributed by atoms with Crippen molar-refractivity contribution in [2.45, 2.75) is 0 Å².